The number of para-hydroxylation sites is 1. The number of nitrogens with one attached hydrogen (secondary N) is 1. The van der Waals surface area contributed by atoms with Crippen LogP contribution in [0.2, 0.25) is 0 Å². The Labute approximate surface area is 189 Å². The number of anilines is 2. The number of amides is 2. The molecule has 0 radical (unpaired) electrons. The van der Waals surface area contributed by atoms with Gasteiger partial charge in [0.1, 0.15) is 5.82 Å². The van der Waals surface area contributed by atoms with Crippen molar-refractivity contribution in [3.05, 3.63) is 101 Å². The van der Waals surface area contributed by atoms with E-state index in [0.29, 0.717) is 35.5 Å². The van der Waals surface area contributed by atoms with Crippen LogP contribution in [0.4, 0.5) is 15.8 Å². The summed E-state index contributed by atoms with van der Waals surface area (Å²) in [6, 6.07) is 18.3. The van der Waals surface area contributed by atoms with Crippen LogP contribution in [0.25, 0.3) is 11.3 Å². The van der Waals surface area contributed by atoms with Gasteiger partial charge < -0.3 is 14.7 Å². The number of aryl methyl sites for hydroxylation is 1. The van der Waals surface area contributed by atoms with Gasteiger partial charge >= 0.3 is 0 Å². The third-order valence-electron chi connectivity index (χ3n) is 5.77. The Hall–Kier alpha value is -4.26. The van der Waals surface area contributed by atoms with E-state index in [1.807, 2.05) is 24.3 Å². The van der Waals surface area contributed by atoms with Gasteiger partial charge in [0.05, 0.1) is 11.9 Å². The molecule has 1 N–H and O–H groups in total. The highest BCUT2D eigenvalue weighted by molar-refractivity contribution is 6.09. The molecule has 2 heterocycles. The smallest absolute Gasteiger partial charge is 0.258 e. The van der Waals surface area contributed by atoms with Crippen molar-refractivity contribution in [2.45, 2.75) is 13.3 Å². The zero-order valence-electron chi connectivity index (χ0n) is 17.8. The van der Waals surface area contributed by atoms with Gasteiger partial charge in [-0.3, -0.25) is 9.59 Å². The maximum absolute atomic E-state index is 13.5. The summed E-state index contributed by atoms with van der Waals surface area (Å²) in [6.07, 6.45) is 2.32. The van der Waals surface area contributed by atoms with Crippen molar-refractivity contribution in [1.29, 1.82) is 0 Å². The van der Waals surface area contributed by atoms with E-state index in [1.54, 1.807) is 48.4 Å². The average molecular weight is 441 g/mol. The highest BCUT2D eigenvalue weighted by Crippen LogP contribution is 2.36. The van der Waals surface area contributed by atoms with Crippen LogP contribution in [0, 0.1) is 12.7 Å². The molecule has 0 fully saturated rings. The molecular weight excluding hydrogens is 421 g/mol. The molecule has 0 saturated carbocycles. The average Bonchev–Trinajstić information content (AvgIpc) is 3.24. The van der Waals surface area contributed by atoms with Crippen LogP contribution >= 0.6 is 0 Å². The van der Waals surface area contributed by atoms with Crippen LogP contribution in [0.15, 0.2) is 77.4 Å². The zero-order chi connectivity index (χ0) is 22.9. The number of aromatic nitrogens is 1. The Morgan fingerprint density at radius 3 is 2.67 bits per heavy atom. The van der Waals surface area contributed by atoms with Crippen molar-refractivity contribution in [2.24, 2.45) is 0 Å². The molecule has 5 rings (SSSR count). The van der Waals surface area contributed by atoms with Crippen molar-refractivity contribution in [3.8, 4) is 11.3 Å². The molecule has 33 heavy (non-hydrogen) atoms. The molecular formula is C26H20FN3O3. The van der Waals surface area contributed by atoms with E-state index in [2.05, 4.69) is 10.5 Å². The summed E-state index contributed by atoms with van der Waals surface area (Å²) in [5, 5.41) is 6.66. The summed E-state index contributed by atoms with van der Waals surface area (Å²) in [4.78, 5) is 27.7. The molecule has 4 aromatic rings. The SMILES string of the molecule is Cc1ccc(F)cc1C(=O)Nc1ccc(C(=O)N2CCc3cnoc3-c3ccccc32)cc1. The lowest BCUT2D eigenvalue weighted by Gasteiger charge is -2.23. The fourth-order valence-electron chi connectivity index (χ4n) is 4.01. The molecule has 7 heteroatoms. The van der Waals surface area contributed by atoms with Crippen LogP contribution < -0.4 is 10.2 Å². The number of fused-ring (bicyclic) bond motifs is 3. The van der Waals surface area contributed by atoms with Gasteiger partial charge in [0.15, 0.2) is 5.76 Å². The lowest BCUT2D eigenvalue weighted by Crippen LogP contribution is -2.32. The Balaban J connectivity index is 1.37. The molecule has 0 bridgehead atoms. The fourth-order valence-corrected chi connectivity index (χ4v) is 4.01. The van der Waals surface area contributed by atoms with E-state index in [4.69, 9.17) is 4.52 Å². The topological polar surface area (TPSA) is 75.4 Å². The molecule has 0 spiro atoms. The van der Waals surface area contributed by atoms with Gasteiger partial charge in [0, 0.05) is 34.5 Å². The molecule has 0 aliphatic carbocycles. The maximum Gasteiger partial charge on any atom is 0.258 e. The third kappa shape index (κ3) is 3.89. The summed E-state index contributed by atoms with van der Waals surface area (Å²) in [7, 11) is 0. The first-order valence-electron chi connectivity index (χ1n) is 10.5. The predicted molar refractivity (Wildman–Crippen MR) is 123 cm³/mol. The second-order valence-electron chi connectivity index (χ2n) is 7.89. The van der Waals surface area contributed by atoms with Gasteiger partial charge in [-0.15, -0.1) is 0 Å². The first kappa shape index (κ1) is 20.6. The van der Waals surface area contributed by atoms with Crippen molar-refractivity contribution in [2.75, 3.05) is 16.8 Å². The van der Waals surface area contributed by atoms with Gasteiger partial charge in [0.25, 0.3) is 11.8 Å². The van der Waals surface area contributed by atoms with Gasteiger partial charge in [-0.25, -0.2) is 4.39 Å². The predicted octanol–water partition coefficient (Wildman–Crippen LogP) is 5.24. The second kappa shape index (κ2) is 8.35. The molecule has 1 aromatic heterocycles. The second-order valence-corrected chi connectivity index (χ2v) is 7.89. The lowest BCUT2D eigenvalue weighted by atomic mass is 10.1. The molecule has 0 unspecified atom stereocenters. The van der Waals surface area contributed by atoms with Crippen molar-refractivity contribution in [3.63, 3.8) is 0 Å². The number of hydrogen-bond donors (Lipinski definition) is 1. The largest absolute Gasteiger partial charge is 0.356 e. The van der Waals surface area contributed by atoms with Gasteiger partial charge in [-0.1, -0.05) is 23.4 Å². The van der Waals surface area contributed by atoms with Gasteiger partial charge in [0.2, 0.25) is 0 Å². The lowest BCUT2D eigenvalue weighted by molar-refractivity contribution is 0.0986. The minimum absolute atomic E-state index is 0.153. The quantitative estimate of drug-likeness (QED) is 0.472. The Morgan fingerprint density at radius 2 is 1.85 bits per heavy atom. The number of halogens is 1. The number of rotatable bonds is 3. The molecule has 3 aromatic carbocycles. The first-order valence-corrected chi connectivity index (χ1v) is 10.5. The standard InChI is InChI=1S/C26H20FN3O3/c1-16-6-9-19(27)14-22(16)25(31)29-20-10-7-17(8-11-20)26(32)30-13-12-18-15-28-33-24(18)21-4-2-3-5-23(21)30/h2-11,14-15H,12-13H2,1H3,(H,29,31). The van der Waals surface area contributed by atoms with Gasteiger partial charge in [-0.05, 0) is 67.4 Å². The first-order chi connectivity index (χ1) is 16.0. The van der Waals surface area contributed by atoms with E-state index in [1.165, 1.54) is 12.1 Å². The maximum atomic E-state index is 13.5. The Kier molecular flexibility index (Phi) is 5.22. The molecule has 0 atom stereocenters. The third-order valence-corrected chi connectivity index (χ3v) is 5.77. The number of carbonyl (C=O) groups excluding carboxylic acids is 2. The minimum Gasteiger partial charge on any atom is -0.356 e. The monoisotopic (exact) mass is 441 g/mol. The van der Waals surface area contributed by atoms with Crippen molar-refractivity contribution >= 4 is 23.2 Å². The molecule has 1 aliphatic heterocycles. The number of hydrogen-bond acceptors (Lipinski definition) is 4. The molecule has 6 nitrogen and oxygen atoms in total. The van der Waals surface area contributed by atoms with E-state index >= 15 is 0 Å². The van der Waals surface area contributed by atoms with E-state index in [9.17, 15) is 14.0 Å². The number of nitrogens with zero attached hydrogens (tertiary/aromatic N) is 2. The summed E-state index contributed by atoms with van der Waals surface area (Å²) in [5.74, 6) is -0.345. The van der Waals surface area contributed by atoms with Crippen LogP contribution in [0.1, 0.15) is 31.8 Å². The highest BCUT2D eigenvalue weighted by Gasteiger charge is 2.27. The Bertz CT molecular complexity index is 1360. The minimum atomic E-state index is -0.471. The van der Waals surface area contributed by atoms with Crippen LogP contribution in [-0.2, 0) is 6.42 Å². The van der Waals surface area contributed by atoms with Crippen molar-refractivity contribution < 1.29 is 18.5 Å². The van der Waals surface area contributed by atoms with E-state index in [0.717, 1.165) is 16.8 Å². The molecule has 1 aliphatic rings. The van der Waals surface area contributed by atoms with E-state index < -0.39 is 11.7 Å². The van der Waals surface area contributed by atoms with Gasteiger partial charge in [-0.2, -0.15) is 0 Å². The fraction of sp³-hybridized carbons (Fsp3) is 0.115. The number of carbonyl (C=O) groups is 2. The summed E-state index contributed by atoms with van der Waals surface area (Å²) < 4.78 is 19.0. The van der Waals surface area contributed by atoms with E-state index in [-0.39, 0.29) is 11.5 Å². The number of benzene rings is 3. The normalized spacial score (nSPS) is 12.5. The highest BCUT2D eigenvalue weighted by atomic mass is 19.1. The van der Waals surface area contributed by atoms with Crippen LogP contribution in [-0.4, -0.2) is 23.5 Å². The van der Waals surface area contributed by atoms with Crippen molar-refractivity contribution in [1.82, 2.24) is 5.16 Å². The molecule has 164 valence electrons. The molecule has 2 amide bonds. The summed E-state index contributed by atoms with van der Waals surface area (Å²) >= 11 is 0. The summed E-state index contributed by atoms with van der Waals surface area (Å²) in [5.41, 5.74) is 4.49. The van der Waals surface area contributed by atoms with Crippen LogP contribution in [0.5, 0.6) is 0 Å². The zero-order valence-corrected chi connectivity index (χ0v) is 17.8. The molecule has 0 saturated heterocycles. The van der Waals surface area contributed by atoms with Crippen LogP contribution in [0.3, 0.4) is 0 Å². The Morgan fingerprint density at radius 1 is 1.06 bits per heavy atom. The summed E-state index contributed by atoms with van der Waals surface area (Å²) in [6.45, 7) is 2.23.